The molecule has 6 heterocycles. The number of benzene rings is 2. The van der Waals surface area contributed by atoms with Crippen LogP contribution in [0.15, 0.2) is 55.0 Å². The first-order chi connectivity index (χ1) is 24.1. The molecule has 6 aromatic rings. The number of methoxy groups -OCH3 is 1. The fourth-order valence-electron chi connectivity index (χ4n) is 7.04. The molecular formula is C34H30F4N10O2. The molecule has 1 saturated heterocycles. The van der Waals surface area contributed by atoms with Gasteiger partial charge in [0.15, 0.2) is 23.1 Å². The van der Waals surface area contributed by atoms with Crippen LogP contribution in [0.2, 0.25) is 0 Å². The molecule has 0 spiro atoms. The highest BCUT2D eigenvalue weighted by atomic mass is 19.2. The fourth-order valence-corrected chi connectivity index (χ4v) is 7.04. The highest BCUT2D eigenvalue weighted by Gasteiger charge is 2.41. The van der Waals surface area contributed by atoms with Crippen LogP contribution in [0, 0.1) is 30.2 Å². The van der Waals surface area contributed by atoms with E-state index in [0.717, 1.165) is 18.2 Å². The van der Waals surface area contributed by atoms with Gasteiger partial charge < -0.3 is 24.4 Å². The Labute approximate surface area is 282 Å². The van der Waals surface area contributed by atoms with E-state index in [9.17, 15) is 18.0 Å². The zero-order valence-corrected chi connectivity index (χ0v) is 27.1. The summed E-state index contributed by atoms with van der Waals surface area (Å²) in [6.07, 6.45) is 2.57. The van der Waals surface area contributed by atoms with Gasteiger partial charge in [0.2, 0.25) is 5.91 Å². The number of ether oxygens (including phenoxy) is 1. The summed E-state index contributed by atoms with van der Waals surface area (Å²) in [6, 6.07) is 8.21. The number of hydrogen-bond donors (Lipinski definition) is 1. The van der Waals surface area contributed by atoms with Crippen molar-refractivity contribution >= 4 is 39.6 Å². The van der Waals surface area contributed by atoms with Crippen molar-refractivity contribution in [2.75, 3.05) is 37.5 Å². The zero-order valence-electron chi connectivity index (χ0n) is 27.1. The third-order valence-electron chi connectivity index (χ3n) is 9.39. The number of hydrogen-bond acceptors (Lipinski definition) is 9. The molecule has 1 fully saturated rings. The minimum absolute atomic E-state index is 0.000625. The van der Waals surface area contributed by atoms with Gasteiger partial charge in [0.1, 0.15) is 41.3 Å². The van der Waals surface area contributed by atoms with Crippen LogP contribution in [0.3, 0.4) is 0 Å². The molecule has 2 aliphatic rings. The highest BCUT2D eigenvalue weighted by Crippen LogP contribution is 2.36. The Bertz CT molecular complexity index is 2310. The number of rotatable bonds is 3. The van der Waals surface area contributed by atoms with Gasteiger partial charge in [0.25, 0.3) is 0 Å². The second kappa shape index (κ2) is 12.0. The third-order valence-corrected chi connectivity index (χ3v) is 9.39. The van der Waals surface area contributed by atoms with E-state index < -0.39 is 35.4 Å². The number of fused-ring (bicyclic) bond motifs is 6. The Kier molecular flexibility index (Phi) is 7.62. The van der Waals surface area contributed by atoms with Crippen LogP contribution >= 0.6 is 0 Å². The molecule has 1 N–H and O–H groups in total. The molecular weight excluding hydrogens is 656 g/mol. The quantitative estimate of drug-likeness (QED) is 0.266. The van der Waals surface area contributed by atoms with E-state index in [-0.39, 0.29) is 59.7 Å². The van der Waals surface area contributed by atoms with Gasteiger partial charge in [-0.25, -0.2) is 42.2 Å². The minimum Gasteiger partial charge on any atom is -0.378 e. The van der Waals surface area contributed by atoms with Gasteiger partial charge in [0, 0.05) is 45.4 Å². The summed E-state index contributed by atoms with van der Waals surface area (Å²) >= 11 is 0. The van der Waals surface area contributed by atoms with Crippen LogP contribution in [-0.2, 0) is 16.1 Å². The molecule has 4 bridgehead atoms. The molecule has 1 unspecified atom stereocenters. The summed E-state index contributed by atoms with van der Waals surface area (Å²) in [5.74, 6) is -2.54. The van der Waals surface area contributed by atoms with Crippen molar-refractivity contribution in [2.45, 2.75) is 38.1 Å². The van der Waals surface area contributed by atoms with Crippen molar-refractivity contribution in [3.63, 3.8) is 0 Å². The number of pyridine rings is 1. The first-order valence-corrected chi connectivity index (χ1v) is 15.9. The number of anilines is 2. The molecule has 50 heavy (non-hydrogen) atoms. The minimum atomic E-state index is -1.05. The van der Waals surface area contributed by atoms with E-state index in [1.54, 1.807) is 41.6 Å². The first-order valence-electron chi connectivity index (χ1n) is 15.9. The van der Waals surface area contributed by atoms with Crippen molar-refractivity contribution in [1.82, 2.24) is 39.2 Å². The molecule has 0 saturated carbocycles. The predicted octanol–water partition coefficient (Wildman–Crippen LogP) is 4.64. The second-order valence-electron chi connectivity index (χ2n) is 12.5. The van der Waals surface area contributed by atoms with Gasteiger partial charge in [-0.1, -0.05) is 6.07 Å². The van der Waals surface area contributed by atoms with Gasteiger partial charge in [-0.05, 0) is 37.6 Å². The topological polar surface area (TPSA) is 119 Å². The largest absolute Gasteiger partial charge is 0.378 e. The Morgan fingerprint density at radius 2 is 1.82 bits per heavy atom. The van der Waals surface area contributed by atoms with Crippen molar-refractivity contribution in [3.8, 4) is 16.9 Å². The zero-order chi connectivity index (χ0) is 34.8. The normalized spacial score (nSPS) is 19.6. The maximum Gasteiger partial charge on any atom is 0.245 e. The van der Waals surface area contributed by atoms with Crippen LogP contribution in [0.5, 0.6) is 0 Å². The predicted molar refractivity (Wildman–Crippen MR) is 176 cm³/mol. The lowest BCUT2D eigenvalue weighted by atomic mass is 10.1. The van der Waals surface area contributed by atoms with E-state index in [2.05, 4.69) is 25.4 Å². The van der Waals surface area contributed by atoms with Crippen LogP contribution in [0.1, 0.15) is 12.2 Å². The van der Waals surface area contributed by atoms with Crippen molar-refractivity contribution in [3.05, 3.63) is 84.1 Å². The Morgan fingerprint density at radius 3 is 2.62 bits per heavy atom. The number of likely N-dealkylation sites (N-methyl/N-ethyl adjacent to an activating group) is 1. The number of halogens is 4. The molecule has 2 aliphatic heterocycles. The van der Waals surface area contributed by atoms with Crippen LogP contribution in [-0.4, -0.2) is 90.5 Å². The van der Waals surface area contributed by atoms with E-state index >= 15 is 4.39 Å². The van der Waals surface area contributed by atoms with E-state index in [1.165, 1.54) is 30.4 Å². The van der Waals surface area contributed by atoms with Crippen molar-refractivity contribution in [2.24, 2.45) is 0 Å². The summed E-state index contributed by atoms with van der Waals surface area (Å²) in [4.78, 5) is 35.9. The molecule has 2 aromatic carbocycles. The van der Waals surface area contributed by atoms with Crippen LogP contribution in [0.4, 0.5) is 29.2 Å². The number of amides is 1. The van der Waals surface area contributed by atoms with Crippen molar-refractivity contribution < 1.29 is 27.1 Å². The highest BCUT2D eigenvalue weighted by molar-refractivity contribution is 5.94. The average Bonchev–Trinajstić information content (AvgIpc) is 3.79. The Hall–Kier alpha value is -5.64. The molecule has 0 radical (unpaired) electrons. The van der Waals surface area contributed by atoms with E-state index in [0.29, 0.717) is 34.8 Å². The van der Waals surface area contributed by atoms with Gasteiger partial charge in [-0.15, -0.1) is 0 Å². The first kappa shape index (κ1) is 31.6. The Balaban J connectivity index is 1.24. The molecule has 4 aromatic heterocycles. The number of carbonyl (C=O) groups excluding carboxylic acids is 1. The summed E-state index contributed by atoms with van der Waals surface area (Å²) in [6.45, 7) is 2.39. The molecule has 0 aliphatic carbocycles. The van der Waals surface area contributed by atoms with Crippen molar-refractivity contribution in [1.29, 1.82) is 0 Å². The molecule has 3 atom stereocenters. The van der Waals surface area contributed by atoms with Crippen LogP contribution < -0.4 is 10.2 Å². The third kappa shape index (κ3) is 5.17. The SMILES string of the molecule is COC1CN(C)C(=O)[C@@H]2C[C@@H](CN2c2ncnc3c2cnn3-c2ccc(F)cc2F)Nc2cccc(n2)-c2c(F)c(F)cc3nc(C)n(c23)C1. The lowest BCUT2D eigenvalue weighted by Crippen LogP contribution is -2.47. The standard InChI is InChI=1S/C34H30F4N10O2/c1-17-42-25-11-23(37)30(38)29-24-5-4-6-28(44-24)43-19-10-27(34(49)45(2)14-20(50-3)15-46(17)31(25)29)47(13-19)32-21-12-41-48(33(21)40-16-39-32)26-8-7-18(35)9-22(26)36/h4-9,11-12,16,19-20,27H,10,13-15H2,1-3H3,(H,43,44)/t19-,20?,27-/m0/s1. The average molecular weight is 687 g/mol. The summed E-state index contributed by atoms with van der Waals surface area (Å²) in [5.41, 5.74) is 1.10. The molecule has 12 nitrogen and oxygen atoms in total. The summed E-state index contributed by atoms with van der Waals surface area (Å²) < 4.78 is 68.0. The number of nitrogens with zero attached hydrogens (tertiary/aromatic N) is 9. The summed E-state index contributed by atoms with van der Waals surface area (Å²) in [5, 5.41) is 8.18. The number of imidazole rings is 1. The van der Waals surface area contributed by atoms with Gasteiger partial charge in [-0.3, -0.25) is 4.79 Å². The maximum atomic E-state index is 15.7. The number of nitrogens with one attached hydrogen (secondary N) is 1. The molecule has 16 heteroatoms. The summed E-state index contributed by atoms with van der Waals surface area (Å²) in [7, 11) is 3.21. The lowest BCUT2D eigenvalue weighted by Gasteiger charge is -2.30. The van der Waals surface area contributed by atoms with Gasteiger partial charge in [-0.2, -0.15) is 5.10 Å². The lowest BCUT2D eigenvalue weighted by molar-refractivity contribution is -0.132. The van der Waals surface area contributed by atoms with E-state index in [1.807, 2.05) is 4.90 Å². The number of aromatic nitrogens is 7. The fraction of sp³-hybridized carbons (Fsp3) is 0.294. The number of aryl methyl sites for hydroxylation is 1. The van der Waals surface area contributed by atoms with E-state index in [4.69, 9.17) is 9.72 Å². The molecule has 8 rings (SSSR count). The second-order valence-corrected chi connectivity index (χ2v) is 12.5. The Morgan fingerprint density at radius 1 is 0.980 bits per heavy atom. The maximum absolute atomic E-state index is 15.7. The molecule has 1 amide bonds. The number of carbonyl (C=O) groups is 1. The van der Waals surface area contributed by atoms with Crippen LogP contribution in [0.25, 0.3) is 39.0 Å². The smallest absolute Gasteiger partial charge is 0.245 e. The van der Waals surface area contributed by atoms with Gasteiger partial charge in [0.05, 0.1) is 46.5 Å². The van der Waals surface area contributed by atoms with Gasteiger partial charge >= 0.3 is 0 Å². The monoisotopic (exact) mass is 686 g/mol. The molecule has 256 valence electrons.